The van der Waals surface area contributed by atoms with Crippen LogP contribution in [0.2, 0.25) is 0 Å². The van der Waals surface area contributed by atoms with E-state index in [1.165, 1.54) is 0 Å². The Morgan fingerprint density at radius 2 is 2.24 bits per heavy atom. The van der Waals surface area contributed by atoms with Crippen molar-refractivity contribution in [3.05, 3.63) is 46.7 Å². The van der Waals surface area contributed by atoms with E-state index in [9.17, 15) is 9.59 Å². The van der Waals surface area contributed by atoms with Gasteiger partial charge in [0.15, 0.2) is 0 Å². The fourth-order valence-corrected chi connectivity index (χ4v) is 1.94. The van der Waals surface area contributed by atoms with Gasteiger partial charge in [0.05, 0.1) is 12.0 Å². The van der Waals surface area contributed by atoms with Gasteiger partial charge in [-0.2, -0.15) is 0 Å². The van der Waals surface area contributed by atoms with Crippen molar-refractivity contribution in [1.29, 1.82) is 0 Å². The van der Waals surface area contributed by atoms with Crippen LogP contribution in [0.15, 0.2) is 35.5 Å². The van der Waals surface area contributed by atoms with Gasteiger partial charge in [-0.05, 0) is 12.5 Å². The summed E-state index contributed by atoms with van der Waals surface area (Å²) in [7, 11) is 0. The molecule has 0 radical (unpaired) electrons. The summed E-state index contributed by atoms with van der Waals surface area (Å²) in [6, 6.07) is 7.80. The Morgan fingerprint density at radius 1 is 1.47 bits per heavy atom. The third-order valence-corrected chi connectivity index (χ3v) is 2.71. The summed E-state index contributed by atoms with van der Waals surface area (Å²) < 4.78 is 0. The van der Waals surface area contributed by atoms with Crippen LogP contribution in [0.5, 0.6) is 0 Å². The van der Waals surface area contributed by atoms with Crippen molar-refractivity contribution in [2.75, 3.05) is 0 Å². The molecule has 1 aliphatic heterocycles. The highest BCUT2D eigenvalue weighted by molar-refractivity contribution is 5.99. The third-order valence-electron chi connectivity index (χ3n) is 2.71. The van der Waals surface area contributed by atoms with Crippen LogP contribution in [0.25, 0.3) is 0 Å². The number of carbonyl (C=O) groups excluding carboxylic acids is 1. The number of carboxylic acid groups (broad SMARTS) is 1. The van der Waals surface area contributed by atoms with E-state index in [0.29, 0.717) is 12.1 Å². The van der Waals surface area contributed by atoms with E-state index in [1.54, 1.807) is 0 Å². The Balaban J connectivity index is 2.25. The number of benzene rings is 1. The van der Waals surface area contributed by atoms with E-state index in [1.807, 2.05) is 31.2 Å². The van der Waals surface area contributed by atoms with Gasteiger partial charge in [0.1, 0.15) is 0 Å². The normalized spacial score (nSPS) is 15.0. The van der Waals surface area contributed by atoms with E-state index in [-0.39, 0.29) is 17.9 Å². The second kappa shape index (κ2) is 4.41. The Bertz CT molecular complexity index is 517. The minimum absolute atomic E-state index is 0.0313. The smallest absolute Gasteiger partial charge is 0.333 e. The lowest BCUT2D eigenvalue weighted by Crippen LogP contribution is -2.16. The van der Waals surface area contributed by atoms with Crippen molar-refractivity contribution in [2.24, 2.45) is 0 Å². The van der Waals surface area contributed by atoms with Gasteiger partial charge in [-0.15, -0.1) is 0 Å². The van der Waals surface area contributed by atoms with Crippen LogP contribution in [-0.4, -0.2) is 17.0 Å². The van der Waals surface area contributed by atoms with Crippen molar-refractivity contribution in [1.82, 2.24) is 5.32 Å². The van der Waals surface area contributed by atoms with Crippen LogP contribution in [-0.2, 0) is 16.0 Å². The molecule has 88 valence electrons. The molecule has 1 amide bonds. The van der Waals surface area contributed by atoms with Gasteiger partial charge in [-0.3, -0.25) is 4.79 Å². The quantitative estimate of drug-likeness (QED) is 0.826. The molecular formula is C13H13NO3. The highest BCUT2D eigenvalue weighted by Gasteiger charge is 2.25. The molecule has 0 atom stereocenters. The molecule has 2 N–H and O–H groups in total. The molecule has 1 aromatic rings. The molecule has 2 rings (SSSR count). The lowest BCUT2D eigenvalue weighted by atomic mass is 10.0. The summed E-state index contributed by atoms with van der Waals surface area (Å²) in [6.45, 7) is 1.98. The second-order valence-corrected chi connectivity index (χ2v) is 4.15. The van der Waals surface area contributed by atoms with E-state index in [2.05, 4.69) is 5.32 Å². The Morgan fingerprint density at radius 3 is 2.88 bits per heavy atom. The number of hydrogen-bond donors (Lipinski definition) is 2. The first-order valence-electron chi connectivity index (χ1n) is 5.37. The van der Waals surface area contributed by atoms with Gasteiger partial charge in [0.25, 0.3) is 0 Å². The standard InChI is InChI=1S/C13H13NO3/c1-8-3-2-4-9(5-8)6-11-10(13(16)17)7-12(15)14-11/h2-5H,6-7H2,1H3,(H,14,15)(H,16,17). The summed E-state index contributed by atoms with van der Waals surface area (Å²) in [5.41, 5.74) is 2.80. The van der Waals surface area contributed by atoms with Gasteiger partial charge >= 0.3 is 5.97 Å². The van der Waals surface area contributed by atoms with Crippen LogP contribution in [0.1, 0.15) is 17.5 Å². The van der Waals surface area contributed by atoms with Crippen molar-refractivity contribution < 1.29 is 14.7 Å². The summed E-state index contributed by atoms with van der Waals surface area (Å²) in [6.07, 6.45) is 0.422. The molecule has 0 aliphatic carbocycles. The average Bonchev–Trinajstić information content (AvgIpc) is 2.59. The molecule has 0 saturated heterocycles. The van der Waals surface area contributed by atoms with Gasteiger partial charge in [-0.25, -0.2) is 4.79 Å². The van der Waals surface area contributed by atoms with Crippen LogP contribution in [0.3, 0.4) is 0 Å². The van der Waals surface area contributed by atoms with Crippen molar-refractivity contribution in [3.63, 3.8) is 0 Å². The number of carboxylic acids is 1. The predicted molar refractivity (Wildman–Crippen MR) is 62.3 cm³/mol. The van der Waals surface area contributed by atoms with Crippen LogP contribution in [0, 0.1) is 6.92 Å². The average molecular weight is 231 g/mol. The first-order valence-corrected chi connectivity index (χ1v) is 5.37. The van der Waals surface area contributed by atoms with Gasteiger partial charge in [0, 0.05) is 12.1 Å². The summed E-state index contributed by atoms with van der Waals surface area (Å²) in [4.78, 5) is 22.2. The van der Waals surface area contributed by atoms with Crippen LogP contribution >= 0.6 is 0 Å². The third kappa shape index (κ3) is 2.53. The number of nitrogens with one attached hydrogen (secondary N) is 1. The van der Waals surface area contributed by atoms with Crippen LogP contribution < -0.4 is 5.32 Å². The SMILES string of the molecule is Cc1cccc(CC2=C(C(=O)O)CC(=O)N2)c1. The zero-order valence-electron chi connectivity index (χ0n) is 9.49. The lowest BCUT2D eigenvalue weighted by Gasteiger charge is -2.05. The zero-order valence-corrected chi connectivity index (χ0v) is 9.49. The molecule has 1 aromatic carbocycles. The molecule has 0 aromatic heterocycles. The molecule has 4 nitrogen and oxygen atoms in total. The van der Waals surface area contributed by atoms with E-state index >= 15 is 0 Å². The maximum atomic E-state index is 11.2. The predicted octanol–water partition coefficient (Wildman–Crippen LogP) is 1.40. The first kappa shape index (κ1) is 11.4. The molecule has 4 heteroatoms. The van der Waals surface area contributed by atoms with Gasteiger partial charge in [-0.1, -0.05) is 29.8 Å². The van der Waals surface area contributed by atoms with Crippen molar-refractivity contribution in [3.8, 4) is 0 Å². The van der Waals surface area contributed by atoms with Gasteiger partial charge < -0.3 is 10.4 Å². The van der Waals surface area contributed by atoms with Crippen molar-refractivity contribution >= 4 is 11.9 Å². The molecular weight excluding hydrogens is 218 g/mol. The molecule has 0 unspecified atom stereocenters. The highest BCUT2D eigenvalue weighted by atomic mass is 16.4. The molecule has 1 aliphatic rings. The van der Waals surface area contributed by atoms with Crippen LogP contribution in [0.4, 0.5) is 0 Å². The zero-order chi connectivity index (χ0) is 12.4. The fraction of sp³-hybridized carbons (Fsp3) is 0.231. The van der Waals surface area contributed by atoms with E-state index in [0.717, 1.165) is 11.1 Å². The Labute approximate surface area is 99.0 Å². The molecule has 0 saturated carbocycles. The maximum absolute atomic E-state index is 11.2. The number of amides is 1. The topological polar surface area (TPSA) is 66.4 Å². The largest absolute Gasteiger partial charge is 0.478 e. The van der Waals surface area contributed by atoms with Gasteiger partial charge in [0.2, 0.25) is 5.91 Å². The number of allylic oxidation sites excluding steroid dienone is 1. The maximum Gasteiger partial charge on any atom is 0.333 e. The minimum atomic E-state index is -1.02. The first-order chi connectivity index (χ1) is 8.06. The highest BCUT2D eigenvalue weighted by Crippen LogP contribution is 2.19. The molecule has 0 spiro atoms. The Hall–Kier alpha value is -2.10. The van der Waals surface area contributed by atoms with E-state index in [4.69, 9.17) is 5.11 Å². The summed E-state index contributed by atoms with van der Waals surface area (Å²) >= 11 is 0. The van der Waals surface area contributed by atoms with E-state index < -0.39 is 5.97 Å². The second-order valence-electron chi connectivity index (χ2n) is 4.15. The molecule has 0 bridgehead atoms. The number of carbonyl (C=O) groups is 2. The number of hydrogen-bond acceptors (Lipinski definition) is 2. The monoisotopic (exact) mass is 231 g/mol. The molecule has 17 heavy (non-hydrogen) atoms. The molecule has 0 fully saturated rings. The fourth-order valence-electron chi connectivity index (χ4n) is 1.94. The lowest BCUT2D eigenvalue weighted by molar-refractivity contribution is -0.133. The number of rotatable bonds is 3. The molecule has 1 heterocycles. The Kier molecular flexibility index (Phi) is 2.95. The number of aryl methyl sites for hydroxylation is 1. The summed E-state index contributed by atoms with van der Waals surface area (Å²) in [5.74, 6) is -1.27. The summed E-state index contributed by atoms with van der Waals surface area (Å²) in [5, 5.41) is 11.6. The number of aliphatic carboxylic acids is 1. The minimum Gasteiger partial charge on any atom is -0.478 e. The van der Waals surface area contributed by atoms with Crippen molar-refractivity contribution in [2.45, 2.75) is 19.8 Å².